The van der Waals surface area contributed by atoms with Crippen LogP contribution in [0.2, 0.25) is 0 Å². The fraction of sp³-hybridized carbons (Fsp3) is 0.192. The molecule has 2 amide bonds. The second-order valence-electron chi connectivity index (χ2n) is 8.39. The number of halogens is 2. The first-order valence-corrected chi connectivity index (χ1v) is 11.2. The summed E-state index contributed by atoms with van der Waals surface area (Å²) >= 11 is 0. The minimum Gasteiger partial charge on any atom is -0.459 e. The average Bonchev–Trinajstić information content (AvgIpc) is 3.59. The third-order valence-electron chi connectivity index (χ3n) is 6.13. The van der Waals surface area contributed by atoms with Crippen LogP contribution in [0.25, 0.3) is 11.3 Å². The minimum atomic E-state index is -0.904. The number of carbonyl (C=O) groups excluding carboxylic acids is 2. The van der Waals surface area contributed by atoms with Gasteiger partial charge in [0.1, 0.15) is 5.82 Å². The van der Waals surface area contributed by atoms with E-state index < -0.39 is 11.6 Å². The predicted molar refractivity (Wildman–Crippen MR) is 125 cm³/mol. The molecule has 0 atom stereocenters. The third kappa shape index (κ3) is 4.84. The molecule has 0 spiro atoms. The summed E-state index contributed by atoms with van der Waals surface area (Å²) in [7, 11) is 0. The molecule has 2 aromatic carbocycles. The molecule has 35 heavy (non-hydrogen) atoms. The number of anilines is 1. The van der Waals surface area contributed by atoms with Crippen LogP contribution in [-0.2, 0) is 0 Å². The molecule has 0 bridgehead atoms. The van der Waals surface area contributed by atoms with Crippen LogP contribution in [0, 0.1) is 11.6 Å². The van der Waals surface area contributed by atoms with Gasteiger partial charge < -0.3 is 19.6 Å². The second-order valence-corrected chi connectivity index (χ2v) is 8.39. The lowest BCUT2D eigenvalue weighted by atomic mass is 9.95. The number of nitrogens with zero attached hydrogens (tertiary/aromatic N) is 2. The fourth-order valence-electron chi connectivity index (χ4n) is 4.19. The number of furan rings is 1. The number of aromatic nitrogens is 2. The van der Waals surface area contributed by atoms with Gasteiger partial charge in [0.05, 0.1) is 18.2 Å². The number of nitrogens with one attached hydrogen (secondary N) is 2. The van der Waals surface area contributed by atoms with Gasteiger partial charge in [-0.15, -0.1) is 0 Å². The van der Waals surface area contributed by atoms with Crippen LogP contribution < -0.4 is 5.32 Å². The Labute approximate surface area is 199 Å². The molecule has 1 fully saturated rings. The highest BCUT2D eigenvalue weighted by molar-refractivity contribution is 6.02. The molecule has 1 saturated heterocycles. The van der Waals surface area contributed by atoms with Gasteiger partial charge in [-0.05, 0) is 67.4 Å². The van der Waals surface area contributed by atoms with E-state index in [-0.39, 0.29) is 23.5 Å². The number of likely N-dealkylation sites (tertiary alicyclic amines) is 1. The third-order valence-corrected chi connectivity index (χ3v) is 6.13. The van der Waals surface area contributed by atoms with Crippen molar-refractivity contribution in [2.75, 3.05) is 18.4 Å². The summed E-state index contributed by atoms with van der Waals surface area (Å²) in [4.78, 5) is 34.5. The molecule has 0 unspecified atom stereocenters. The predicted octanol–water partition coefficient (Wildman–Crippen LogP) is 5.22. The number of rotatable bonds is 5. The van der Waals surface area contributed by atoms with Crippen LogP contribution in [0.1, 0.15) is 45.5 Å². The summed E-state index contributed by atoms with van der Waals surface area (Å²) in [6.45, 7) is 1.14. The molecule has 1 aliphatic rings. The molecular formula is C26H22F2N4O3. The monoisotopic (exact) mass is 476 g/mol. The van der Waals surface area contributed by atoms with Gasteiger partial charge in [-0.1, -0.05) is 0 Å². The topological polar surface area (TPSA) is 91.2 Å². The molecule has 2 aromatic heterocycles. The standard InChI is InChI=1S/C26H22F2N4O3/c27-20-8-5-18(14-21(20)28)22-15-29-24(31-22)16-9-11-32(12-10-16)26(34)17-3-6-19(7-4-17)30-25(33)23-2-1-13-35-23/h1-8,13-16H,9-12H2,(H,29,31)(H,30,33). The second kappa shape index (κ2) is 9.54. The Balaban J connectivity index is 1.17. The van der Waals surface area contributed by atoms with Crippen molar-refractivity contribution in [3.8, 4) is 11.3 Å². The van der Waals surface area contributed by atoms with Gasteiger partial charge in [-0.2, -0.15) is 0 Å². The molecule has 3 heterocycles. The van der Waals surface area contributed by atoms with Crippen LogP contribution in [0.4, 0.5) is 14.5 Å². The number of benzene rings is 2. The molecule has 2 N–H and O–H groups in total. The summed E-state index contributed by atoms with van der Waals surface area (Å²) in [6.07, 6.45) is 4.50. The smallest absolute Gasteiger partial charge is 0.291 e. The first-order valence-electron chi connectivity index (χ1n) is 11.2. The van der Waals surface area contributed by atoms with E-state index in [2.05, 4.69) is 15.3 Å². The van der Waals surface area contributed by atoms with Gasteiger partial charge in [0.2, 0.25) is 0 Å². The van der Waals surface area contributed by atoms with Crippen LogP contribution in [0.15, 0.2) is 71.5 Å². The summed E-state index contributed by atoms with van der Waals surface area (Å²) in [5.41, 5.74) is 2.25. The average molecular weight is 476 g/mol. The van der Waals surface area contributed by atoms with E-state index >= 15 is 0 Å². The normalized spacial score (nSPS) is 14.2. The number of carbonyl (C=O) groups is 2. The molecule has 5 rings (SSSR count). The van der Waals surface area contributed by atoms with Crippen molar-refractivity contribution in [3.05, 3.63) is 95.8 Å². The Bertz CT molecular complexity index is 1340. The molecule has 4 aromatic rings. The molecule has 0 saturated carbocycles. The zero-order valence-corrected chi connectivity index (χ0v) is 18.6. The number of imidazole rings is 1. The molecule has 178 valence electrons. The van der Waals surface area contributed by atoms with E-state index in [9.17, 15) is 18.4 Å². The highest BCUT2D eigenvalue weighted by atomic mass is 19.2. The number of amides is 2. The van der Waals surface area contributed by atoms with E-state index in [1.807, 2.05) is 0 Å². The van der Waals surface area contributed by atoms with Crippen molar-refractivity contribution in [1.82, 2.24) is 14.9 Å². The number of aromatic amines is 1. The van der Waals surface area contributed by atoms with Crippen LogP contribution in [0.3, 0.4) is 0 Å². The first kappa shape index (κ1) is 22.5. The van der Waals surface area contributed by atoms with Gasteiger partial charge in [0.25, 0.3) is 11.8 Å². The van der Waals surface area contributed by atoms with Crippen LogP contribution in [0.5, 0.6) is 0 Å². The number of H-pyrrole nitrogens is 1. The molecule has 7 nitrogen and oxygen atoms in total. The van der Waals surface area contributed by atoms with Gasteiger partial charge in [-0.3, -0.25) is 9.59 Å². The van der Waals surface area contributed by atoms with E-state index in [4.69, 9.17) is 4.42 Å². The quantitative estimate of drug-likeness (QED) is 0.413. The first-order chi connectivity index (χ1) is 17.0. The Kier molecular flexibility index (Phi) is 6.13. The summed E-state index contributed by atoms with van der Waals surface area (Å²) < 4.78 is 31.8. The van der Waals surface area contributed by atoms with Crippen molar-refractivity contribution in [1.29, 1.82) is 0 Å². The van der Waals surface area contributed by atoms with Gasteiger partial charge in [0, 0.05) is 35.8 Å². The highest BCUT2D eigenvalue weighted by Crippen LogP contribution is 2.29. The molecular weight excluding hydrogens is 454 g/mol. The minimum absolute atomic E-state index is 0.0747. The van der Waals surface area contributed by atoms with Gasteiger partial charge >= 0.3 is 0 Å². The van der Waals surface area contributed by atoms with E-state index in [1.54, 1.807) is 47.5 Å². The lowest BCUT2D eigenvalue weighted by Gasteiger charge is -2.31. The van der Waals surface area contributed by atoms with E-state index in [0.717, 1.165) is 30.8 Å². The van der Waals surface area contributed by atoms with Crippen molar-refractivity contribution in [2.45, 2.75) is 18.8 Å². The molecule has 0 radical (unpaired) electrons. The van der Waals surface area contributed by atoms with Crippen molar-refractivity contribution >= 4 is 17.5 Å². The Hall–Kier alpha value is -4.27. The maximum absolute atomic E-state index is 13.6. The van der Waals surface area contributed by atoms with Crippen molar-refractivity contribution in [3.63, 3.8) is 0 Å². The summed E-state index contributed by atoms with van der Waals surface area (Å²) in [6, 6.07) is 13.7. The largest absolute Gasteiger partial charge is 0.459 e. The fourth-order valence-corrected chi connectivity index (χ4v) is 4.19. The lowest BCUT2D eigenvalue weighted by molar-refractivity contribution is 0.0711. The highest BCUT2D eigenvalue weighted by Gasteiger charge is 2.26. The maximum atomic E-state index is 13.6. The summed E-state index contributed by atoms with van der Waals surface area (Å²) in [5, 5.41) is 2.73. The maximum Gasteiger partial charge on any atom is 0.291 e. The van der Waals surface area contributed by atoms with Crippen LogP contribution in [-0.4, -0.2) is 39.8 Å². The zero-order valence-electron chi connectivity index (χ0n) is 18.6. The number of piperidine rings is 1. The lowest BCUT2D eigenvalue weighted by Crippen LogP contribution is -2.38. The van der Waals surface area contributed by atoms with Crippen LogP contribution >= 0.6 is 0 Å². The van der Waals surface area contributed by atoms with E-state index in [1.165, 1.54) is 12.3 Å². The van der Waals surface area contributed by atoms with Crippen molar-refractivity contribution < 1.29 is 22.8 Å². The number of hydrogen-bond acceptors (Lipinski definition) is 4. The zero-order chi connectivity index (χ0) is 24.4. The Morgan fingerprint density at radius 1 is 1.03 bits per heavy atom. The SMILES string of the molecule is O=C(Nc1ccc(C(=O)N2CCC(c3ncc(-c4ccc(F)c(F)c4)[nH]3)CC2)cc1)c1ccco1. The summed E-state index contributed by atoms with van der Waals surface area (Å²) in [5.74, 6) is -1.11. The van der Waals surface area contributed by atoms with Gasteiger partial charge in [0.15, 0.2) is 17.4 Å². The molecule has 1 aliphatic heterocycles. The van der Waals surface area contributed by atoms with E-state index in [0.29, 0.717) is 35.6 Å². The number of hydrogen-bond donors (Lipinski definition) is 2. The van der Waals surface area contributed by atoms with Gasteiger partial charge in [-0.25, -0.2) is 13.8 Å². The van der Waals surface area contributed by atoms with Crippen molar-refractivity contribution in [2.24, 2.45) is 0 Å². The molecule has 9 heteroatoms. The Morgan fingerprint density at radius 2 is 1.80 bits per heavy atom. The molecule has 0 aliphatic carbocycles. The Morgan fingerprint density at radius 3 is 2.49 bits per heavy atom.